The number of nitrogens with zero attached hydrogens (tertiary/aromatic N) is 1. The zero-order chi connectivity index (χ0) is 21.3. The monoisotopic (exact) mass is 420 g/mol. The van der Waals surface area contributed by atoms with Gasteiger partial charge in [0.15, 0.2) is 9.84 Å². The maximum atomic E-state index is 13.4. The first-order valence-electron chi connectivity index (χ1n) is 9.42. The summed E-state index contributed by atoms with van der Waals surface area (Å²) in [7, 11) is -3.46. The van der Waals surface area contributed by atoms with Crippen LogP contribution in [-0.4, -0.2) is 32.5 Å². The van der Waals surface area contributed by atoms with E-state index in [0.717, 1.165) is 11.8 Å². The Morgan fingerprint density at radius 2 is 1.60 bits per heavy atom. The van der Waals surface area contributed by atoms with Gasteiger partial charge in [-0.3, -0.25) is 14.5 Å². The number of hydrogen-bond donors (Lipinski definition) is 1. The summed E-state index contributed by atoms with van der Waals surface area (Å²) in [6.45, 7) is 0. The van der Waals surface area contributed by atoms with Gasteiger partial charge in [0.25, 0.3) is 5.91 Å². The summed E-state index contributed by atoms with van der Waals surface area (Å²) in [5.41, 5.74) is 2.14. The highest BCUT2D eigenvalue weighted by molar-refractivity contribution is 7.90. The van der Waals surface area contributed by atoms with E-state index < -0.39 is 15.9 Å². The third-order valence-corrected chi connectivity index (χ3v) is 6.15. The molecule has 0 aromatic heterocycles. The molecule has 0 unspecified atom stereocenters. The van der Waals surface area contributed by atoms with Gasteiger partial charge in [0.05, 0.1) is 16.3 Å². The van der Waals surface area contributed by atoms with Crippen molar-refractivity contribution in [1.82, 2.24) is 0 Å². The molecule has 0 saturated carbocycles. The molecule has 0 saturated heterocycles. The molecule has 1 N–H and O–H groups in total. The van der Waals surface area contributed by atoms with Crippen molar-refractivity contribution < 1.29 is 18.0 Å². The molecule has 30 heavy (non-hydrogen) atoms. The Morgan fingerprint density at radius 3 is 2.23 bits per heavy atom. The van der Waals surface area contributed by atoms with Crippen molar-refractivity contribution in [3.63, 3.8) is 0 Å². The Bertz CT molecular complexity index is 1210. The lowest BCUT2D eigenvalue weighted by atomic mass is 9.99. The third kappa shape index (κ3) is 3.84. The summed E-state index contributed by atoms with van der Waals surface area (Å²) in [6, 6.07) is 21.8. The van der Waals surface area contributed by atoms with Gasteiger partial charge in [-0.05, 0) is 35.9 Å². The van der Waals surface area contributed by atoms with Crippen molar-refractivity contribution in [3.05, 3.63) is 90.0 Å². The van der Waals surface area contributed by atoms with E-state index >= 15 is 0 Å². The minimum Gasteiger partial charge on any atom is -0.322 e. The minimum absolute atomic E-state index is 0.0789. The number of sulfone groups is 1. The van der Waals surface area contributed by atoms with Gasteiger partial charge >= 0.3 is 0 Å². The number of anilines is 2. The maximum Gasteiger partial charge on any atom is 0.259 e. The topological polar surface area (TPSA) is 83.6 Å². The number of carbonyl (C=O) groups excluding carboxylic acids is 2. The molecule has 0 radical (unpaired) electrons. The maximum absolute atomic E-state index is 13.4. The average molecular weight is 420 g/mol. The van der Waals surface area contributed by atoms with Gasteiger partial charge < -0.3 is 5.32 Å². The normalized spacial score (nSPS) is 16.0. The molecule has 3 aromatic carbocycles. The van der Waals surface area contributed by atoms with Crippen LogP contribution in [0.4, 0.5) is 11.4 Å². The molecule has 0 aliphatic carbocycles. The van der Waals surface area contributed by atoms with Crippen molar-refractivity contribution in [2.24, 2.45) is 0 Å². The first-order chi connectivity index (χ1) is 14.3. The number of benzene rings is 3. The molecule has 3 aromatic rings. The average Bonchev–Trinajstić information content (AvgIpc) is 2.74. The smallest absolute Gasteiger partial charge is 0.259 e. The van der Waals surface area contributed by atoms with Gasteiger partial charge in [-0.1, -0.05) is 48.5 Å². The Balaban J connectivity index is 1.83. The molecular weight excluding hydrogens is 400 g/mol. The number of rotatable bonds is 4. The van der Waals surface area contributed by atoms with Gasteiger partial charge in [-0.15, -0.1) is 0 Å². The van der Waals surface area contributed by atoms with Crippen molar-refractivity contribution >= 4 is 33.0 Å². The Hall–Kier alpha value is -3.45. The predicted molar refractivity (Wildman–Crippen MR) is 115 cm³/mol. The molecule has 2 amide bonds. The molecule has 7 heteroatoms. The van der Waals surface area contributed by atoms with Crippen LogP contribution in [0.15, 0.2) is 83.8 Å². The number of fused-ring (bicyclic) bond motifs is 1. The number of hydrogen-bond acceptors (Lipinski definition) is 4. The quantitative estimate of drug-likeness (QED) is 0.702. The van der Waals surface area contributed by atoms with Gasteiger partial charge in [0.2, 0.25) is 5.91 Å². The second-order valence-corrected chi connectivity index (χ2v) is 9.20. The van der Waals surface area contributed by atoms with E-state index in [1.54, 1.807) is 30.3 Å². The molecule has 6 nitrogen and oxygen atoms in total. The van der Waals surface area contributed by atoms with Gasteiger partial charge in [0.1, 0.15) is 6.04 Å². The zero-order valence-corrected chi connectivity index (χ0v) is 17.1. The van der Waals surface area contributed by atoms with Gasteiger partial charge in [0, 0.05) is 18.2 Å². The molecule has 1 atom stereocenters. The molecule has 0 fully saturated rings. The second kappa shape index (κ2) is 7.76. The Kier molecular flexibility index (Phi) is 5.13. The van der Waals surface area contributed by atoms with Crippen LogP contribution in [0.25, 0.3) is 0 Å². The van der Waals surface area contributed by atoms with Crippen molar-refractivity contribution in [1.29, 1.82) is 0 Å². The molecule has 0 spiro atoms. The highest BCUT2D eigenvalue weighted by atomic mass is 32.2. The first kappa shape index (κ1) is 19.8. The summed E-state index contributed by atoms with van der Waals surface area (Å²) >= 11 is 0. The van der Waals surface area contributed by atoms with E-state index in [1.165, 1.54) is 17.0 Å². The summed E-state index contributed by atoms with van der Waals surface area (Å²) in [6.07, 6.45) is 1.43. The minimum atomic E-state index is -3.46. The fourth-order valence-corrected chi connectivity index (χ4v) is 4.20. The molecule has 152 valence electrons. The van der Waals surface area contributed by atoms with Gasteiger partial charge in [-0.25, -0.2) is 8.42 Å². The Labute approximate surface area is 175 Å². The highest BCUT2D eigenvalue weighted by Gasteiger charge is 2.37. The molecule has 4 rings (SSSR count). The third-order valence-electron chi connectivity index (χ3n) is 5.04. The van der Waals surface area contributed by atoms with Crippen LogP contribution < -0.4 is 10.2 Å². The fraction of sp³-hybridized carbons (Fsp3) is 0.130. The van der Waals surface area contributed by atoms with E-state index in [-0.39, 0.29) is 16.7 Å². The molecule has 0 bridgehead atoms. The first-order valence-corrected chi connectivity index (χ1v) is 11.3. The van der Waals surface area contributed by atoms with Crippen molar-refractivity contribution in [2.75, 3.05) is 16.5 Å². The Morgan fingerprint density at radius 1 is 0.967 bits per heavy atom. The number of nitrogens with one attached hydrogen (secondary N) is 1. The highest BCUT2D eigenvalue weighted by Crippen LogP contribution is 2.36. The fourth-order valence-electron chi connectivity index (χ4n) is 3.55. The SMILES string of the molecule is CS(=O)(=O)c1ccc2c(c1)NC(=O)[C@H](Cc1ccccc1)N2C(=O)c1ccccc1. The van der Waals surface area contributed by atoms with E-state index in [0.29, 0.717) is 23.4 Å². The van der Waals surface area contributed by atoms with Crippen LogP contribution in [0.2, 0.25) is 0 Å². The summed E-state index contributed by atoms with van der Waals surface area (Å²) < 4.78 is 23.9. The molecule has 1 heterocycles. The standard InChI is InChI=1S/C23H20N2O4S/c1-30(28,29)18-12-13-20-19(15-18)24-22(26)21(14-16-8-4-2-5-9-16)25(20)23(27)17-10-6-3-7-11-17/h2-13,15,21H,14H2,1H3,(H,24,26)/t21-/m0/s1. The lowest BCUT2D eigenvalue weighted by Crippen LogP contribution is -2.52. The lowest BCUT2D eigenvalue weighted by Gasteiger charge is -2.37. The zero-order valence-electron chi connectivity index (χ0n) is 16.3. The lowest BCUT2D eigenvalue weighted by molar-refractivity contribution is -0.117. The van der Waals surface area contributed by atoms with E-state index in [2.05, 4.69) is 5.32 Å². The largest absolute Gasteiger partial charge is 0.322 e. The van der Waals surface area contributed by atoms with Crippen molar-refractivity contribution in [3.8, 4) is 0 Å². The van der Waals surface area contributed by atoms with Crippen LogP contribution in [-0.2, 0) is 21.1 Å². The van der Waals surface area contributed by atoms with Crippen LogP contribution in [0.5, 0.6) is 0 Å². The van der Waals surface area contributed by atoms with Crippen LogP contribution >= 0.6 is 0 Å². The summed E-state index contributed by atoms with van der Waals surface area (Å²) in [5.74, 6) is -0.680. The van der Waals surface area contributed by atoms with Crippen LogP contribution in [0.3, 0.4) is 0 Å². The van der Waals surface area contributed by atoms with E-state index in [1.807, 2.05) is 36.4 Å². The summed E-state index contributed by atoms with van der Waals surface area (Å²) in [5, 5.41) is 2.78. The molecular formula is C23H20N2O4S. The van der Waals surface area contributed by atoms with E-state index in [9.17, 15) is 18.0 Å². The van der Waals surface area contributed by atoms with Crippen LogP contribution in [0, 0.1) is 0 Å². The predicted octanol–water partition coefficient (Wildman–Crippen LogP) is 3.30. The summed E-state index contributed by atoms with van der Waals surface area (Å²) in [4.78, 5) is 28.0. The van der Waals surface area contributed by atoms with Gasteiger partial charge in [-0.2, -0.15) is 0 Å². The second-order valence-electron chi connectivity index (χ2n) is 7.19. The van der Waals surface area contributed by atoms with Crippen molar-refractivity contribution in [2.45, 2.75) is 17.4 Å². The van der Waals surface area contributed by atoms with E-state index in [4.69, 9.17) is 0 Å². The van der Waals surface area contributed by atoms with Crippen LogP contribution in [0.1, 0.15) is 15.9 Å². The number of amides is 2. The molecule has 1 aliphatic rings. The molecule has 1 aliphatic heterocycles. The number of carbonyl (C=O) groups is 2.